The molecule has 0 radical (unpaired) electrons. The number of pyridine rings is 1. The molecule has 3 heterocycles. The van der Waals surface area contributed by atoms with Crippen LogP contribution in [0.25, 0.3) is 27.9 Å². The molecule has 0 aliphatic rings. The lowest BCUT2D eigenvalue weighted by Crippen LogP contribution is -1.83. The van der Waals surface area contributed by atoms with Crippen molar-refractivity contribution in [1.29, 1.82) is 0 Å². The van der Waals surface area contributed by atoms with Crippen LogP contribution in [0.15, 0.2) is 59.3 Å². The van der Waals surface area contributed by atoms with Gasteiger partial charge < -0.3 is 8.82 Å². The predicted octanol–water partition coefficient (Wildman–Crippen LogP) is 3.66. The number of imidazole rings is 1. The maximum Gasteiger partial charge on any atom is 0.433 e. The van der Waals surface area contributed by atoms with Gasteiger partial charge in [0.05, 0.1) is 6.07 Å². The van der Waals surface area contributed by atoms with Crippen molar-refractivity contribution >= 4 is 22.3 Å². The first-order valence-corrected chi connectivity index (χ1v) is 6.33. The van der Waals surface area contributed by atoms with Crippen LogP contribution in [0.2, 0.25) is 0 Å². The van der Waals surface area contributed by atoms with E-state index in [4.69, 9.17) is 4.42 Å². The van der Waals surface area contributed by atoms with Crippen LogP contribution in [0, 0.1) is 10.1 Å². The number of nitro groups is 1. The van der Waals surface area contributed by atoms with Gasteiger partial charge in [0.25, 0.3) is 0 Å². The second-order valence-corrected chi connectivity index (χ2v) is 4.66. The number of benzene rings is 1. The lowest BCUT2D eigenvalue weighted by Gasteiger charge is -1.98. The molecule has 3 aromatic heterocycles. The summed E-state index contributed by atoms with van der Waals surface area (Å²) in [5.41, 5.74) is 1.36. The molecule has 0 aliphatic heterocycles. The van der Waals surface area contributed by atoms with Crippen LogP contribution in [-0.2, 0) is 0 Å². The second-order valence-electron chi connectivity index (χ2n) is 4.66. The Hall–Kier alpha value is -3.15. The van der Waals surface area contributed by atoms with E-state index in [-0.39, 0.29) is 5.88 Å². The van der Waals surface area contributed by atoms with Gasteiger partial charge in [-0.15, -0.1) is 0 Å². The van der Waals surface area contributed by atoms with Crippen LogP contribution >= 0.6 is 0 Å². The van der Waals surface area contributed by atoms with Gasteiger partial charge in [-0.2, -0.15) is 0 Å². The topological polar surface area (TPSA) is 73.6 Å². The van der Waals surface area contributed by atoms with Gasteiger partial charge in [0.15, 0.2) is 5.76 Å². The SMILES string of the molecule is O=[N+]([O-])c1ccc(-c2cn3ccc4ccccc4c3n2)o1. The van der Waals surface area contributed by atoms with E-state index in [0.717, 1.165) is 16.4 Å². The number of hydrogen-bond acceptors (Lipinski definition) is 4. The molecule has 0 saturated carbocycles. The van der Waals surface area contributed by atoms with E-state index < -0.39 is 4.92 Å². The number of rotatable bonds is 2. The molecule has 6 nitrogen and oxygen atoms in total. The van der Waals surface area contributed by atoms with Gasteiger partial charge >= 0.3 is 5.88 Å². The molecule has 4 aromatic rings. The molecule has 0 fully saturated rings. The van der Waals surface area contributed by atoms with Crippen LogP contribution in [0.3, 0.4) is 0 Å². The van der Waals surface area contributed by atoms with Crippen molar-refractivity contribution in [2.24, 2.45) is 0 Å². The summed E-state index contributed by atoms with van der Waals surface area (Å²) in [6, 6.07) is 12.8. The molecule has 1 aromatic carbocycles. The summed E-state index contributed by atoms with van der Waals surface area (Å²) in [4.78, 5) is 14.6. The van der Waals surface area contributed by atoms with Gasteiger partial charge in [0, 0.05) is 17.8 Å². The van der Waals surface area contributed by atoms with Gasteiger partial charge in [-0.25, -0.2) is 4.98 Å². The van der Waals surface area contributed by atoms with Crippen molar-refractivity contribution in [3.8, 4) is 11.5 Å². The van der Waals surface area contributed by atoms with Crippen LogP contribution in [-0.4, -0.2) is 14.3 Å². The molecule has 0 N–H and O–H groups in total. The second kappa shape index (κ2) is 4.17. The molecule has 0 aliphatic carbocycles. The summed E-state index contributed by atoms with van der Waals surface area (Å²) < 4.78 is 7.08. The van der Waals surface area contributed by atoms with E-state index in [1.807, 2.05) is 40.9 Å². The third kappa shape index (κ3) is 1.77. The number of hydrogen-bond donors (Lipinski definition) is 0. The van der Waals surface area contributed by atoms with Crippen molar-refractivity contribution in [3.05, 3.63) is 65.0 Å². The zero-order chi connectivity index (χ0) is 14.4. The average Bonchev–Trinajstić information content (AvgIpc) is 3.13. The lowest BCUT2D eigenvalue weighted by atomic mass is 10.2. The van der Waals surface area contributed by atoms with E-state index in [1.165, 1.54) is 6.07 Å². The van der Waals surface area contributed by atoms with Gasteiger partial charge in [-0.1, -0.05) is 24.3 Å². The highest BCUT2D eigenvalue weighted by Gasteiger charge is 2.15. The fraction of sp³-hybridized carbons (Fsp3) is 0. The molecular formula is C15H9N3O3. The van der Waals surface area contributed by atoms with Gasteiger partial charge in [-0.05, 0) is 17.5 Å². The molecule has 0 unspecified atom stereocenters. The number of furan rings is 1. The first-order chi connectivity index (χ1) is 10.2. The van der Waals surface area contributed by atoms with Crippen LogP contribution in [0.5, 0.6) is 0 Å². The molecule has 0 spiro atoms. The molecule has 0 bridgehead atoms. The number of nitrogens with zero attached hydrogens (tertiary/aromatic N) is 3. The fourth-order valence-corrected chi connectivity index (χ4v) is 2.40. The highest BCUT2D eigenvalue weighted by molar-refractivity contribution is 5.94. The third-order valence-electron chi connectivity index (χ3n) is 3.37. The van der Waals surface area contributed by atoms with E-state index in [9.17, 15) is 10.1 Å². The Kier molecular flexibility index (Phi) is 2.32. The molecule has 0 saturated heterocycles. The Labute approximate surface area is 118 Å². The highest BCUT2D eigenvalue weighted by atomic mass is 16.6. The average molecular weight is 279 g/mol. The Morgan fingerprint density at radius 2 is 2.00 bits per heavy atom. The summed E-state index contributed by atoms with van der Waals surface area (Å²) >= 11 is 0. The number of fused-ring (bicyclic) bond motifs is 3. The summed E-state index contributed by atoms with van der Waals surface area (Å²) in [6.45, 7) is 0. The minimum Gasteiger partial charge on any atom is -0.399 e. The molecular weight excluding hydrogens is 270 g/mol. The lowest BCUT2D eigenvalue weighted by molar-refractivity contribution is -0.401. The minimum atomic E-state index is -0.561. The Morgan fingerprint density at radius 1 is 1.14 bits per heavy atom. The van der Waals surface area contributed by atoms with E-state index >= 15 is 0 Å². The van der Waals surface area contributed by atoms with Crippen LogP contribution in [0.4, 0.5) is 5.88 Å². The Bertz CT molecular complexity index is 984. The van der Waals surface area contributed by atoms with Crippen molar-refractivity contribution < 1.29 is 9.34 Å². The molecule has 102 valence electrons. The van der Waals surface area contributed by atoms with Gasteiger partial charge in [-0.3, -0.25) is 10.1 Å². The van der Waals surface area contributed by atoms with Crippen LogP contribution < -0.4 is 0 Å². The molecule has 4 rings (SSSR count). The molecule has 21 heavy (non-hydrogen) atoms. The summed E-state index contributed by atoms with van der Waals surface area (Å²) in [6.07, 6.45) is 3.70. The fourth-order valence-electron chi connectivity index (χ4n) is 2.40. The minimum absolute atomic E-state index is 0.285. The number of aromatic nitrogens is 2. The van der Waals surface area contributed by atoms with Gasteiger partial charge in [0.2, 0.25) is 0 Å². The standard InChI is InChI=1S/C15H9N3O3/c19-18(20)14-6-5-13(21-14)12-9-17-8-7-10-3-1-2-4-11(10)15(17)16-12/h1-9H. The summed E-state index contributed by atoms with van der Waals surface area (Å²) in [7, 11) is 0. The maximum atomic E-state index is 10.7. The van der Waals surface area contributed by atoms with Crippen molar-refractivity contribution in [2.45, 2.75) is 0 Å². The van der Waals surface area contributed by atoms with Crippen molar-refractivity contribution in [1.82, 2.24) is 9.38 Å². The Balaban J connectivity index is 1.93. The largest absolute Gasteiger partial charge is 0.433 e. The third-order valence-corrected chi connectivity index (χ3v) is 3.37. The quantitative estimate of drug-likeness (QED) is 0.414. The predicted molar refractivity (Wildman–Crippen MR) is 77.1 cm³/mol. The normalized spacial score (nSPS) is 11.2. The van der Waals surface area contributed by atoms with E-state index in [0.29, 0.717) is 11.5 Å². The van der Waals surface area contributed by atoms with Gasteiger partial charge in [0.1, 0.15) is 16.3 Å². The van der Waals surface area contributed by atoms with Crippen molar-refractivity contribution in [2.75, 3.05) is 0 Å². The summed E-state index contributed by atoms with van der Waals surface area (Å²) in [5.74, 6) is 0.0985. The van der Waals surface area contributed by atoms with E-state index in [2.05, 4.69) is 4.98 Å². The first-order valence-electron chi connectivity index (χ1n) is 6.33. The molecule has 0 atom stereocenters. The maximum absolute atomic E-state index is 10.7. The monoisotopic (exact) mass is 279 g/mol. The molecule has 0 amide bonds. The van der Waals surface area contributed by atoms with Crippen molar-refractivity contribution in [3.63, 3.8) is 0 Å². The summed E-state index contributed by atoms with van der Waals surface area (Å²) in [5, 5.41) is 12.8. The van der Waals surface area contributed by atoms with Crippen LogP contribution in [0.1, 0.15) is 0 Å². The smallest absolute Gasteiger partial charge is 0.399 e. The Morgan fingerprint density at radius 3 is 2.81 bits per heavy atom. The van der Waals surface area contributed by atoms with E-state index in [1.54, 1.807) is 12.3 Å². The molecule has 6 heteroatoms. The zero-order valence-corrected chi connectivity index (χ0v) is 10.8. The first kappa shape index (κ1) is 11.7. The highest BCUT2D eigenvalue weighted by Crippen LogP contribution is 2.27. The zero-order valence-electron chi connectivity index (χ0n) is 10.8.